The van der Waals surface area contributed by atoms with Gasteiger partial charge in [0.2, 0.25) is 12.3 Å². The number of rotatable bonds is 1. The van der Waals surface area contributed by atoms with Crippen molar-refractivity contribution in [3.05, 3.63) is 42.5 Å². The number of para-hydroxylation sites is 1. The highest BCUT2D eigenvalue weighted by atomic mass is 16.5. The normalized spacial score (nSPS) is 8.25. The average molecular weight is 277 g/mol. The molecule has 20 heavy (non-hydrogen) atoms. The molecule has 7 nitrogen and oxygen atoms in total. The lowest BCUT2D eigenvalue weighted by Crippen LogP contribution is -1.98. The van der Waals surface area contributed by atoms with E-state index in [0.717, 1.165) is 5.69 Å². The lowest BCUT2D eigenvalue weighted by atomic mass is 10.3. The van der Waals surface area contributed by atoms with Crippen LogP contribution in [0.25, 0.3) is 0 Å². The topological polar surface area (TPSA) is 143 Å². The Morgan fingerprint density at radius 2 is 1.60 bits per heavy atom. The number of benzene rings is 1. The first-order valence-electron chi connectivity index (χ1n) is 5.57. The van der Waals surface area contributed by atoms with Crippen LogP contribution in [0, 0.1) is 0 Å². The summed E-state index contributed by atoms with van der Waals surface area (Å²) >= 11 is 0. The van der Waals surface area contributed by atoms with Crippen molar-refractivity contribution in [2.75, 3.05) is 24.3 Å². The number of amides is 1. The fraction of sp³-hybridized carbons (Fsp3) is 0.0769. The first kappa shape index (κ1) is 17.0. The van der Waals surface area contributed by atoms with Crippen molar-refractivity contribution in [1.29, 1.82) is 0 Å². The van der Waals surface area contributed by atoms with Crippen molar-refractivity contribution in [2.45, 2.75) is 0 Å². The lowest BCUT2D eigenvalue weighted by Gasteiger charge is -2.00. The monoisotopic (exact) mass is 277 g/mol. The fourth-order valence-electron chi connectivity index (χ4n) is 1.03. The minimum absolute atomic E-state index is 0.250. The van der Waals surface area contributed by atoms with Crippen LogP contribution in [-0.4, -0.2) is 18.5 Å². The Hall–Kier alpha value is -2.96. The smallest absolute Gasteiger partial charge is 0.215 e. The molecule has 1 aromatic carbocycles. The summed E-state index contributed by atoms with van der Waals surface area (Å²) in [6.45, 7) is 0. The van der Waals surface area contributed by atoms with E-state index in [1.54, 1.807) is 12.1 Å². The molecule has 2 aromatic rings. The quantitative estimate of drug-likeness (QED) is 0.444. The first-order chi connectivity index (χ1) is 9.54. The van der Waals surface area contributed by atoms with Crippen LogP contribution >= 0.6 is 0 Å². The SMILES string of the molecule is COc1ccc(N)c(N)n1.NC=O.Nc1ccccc1. The number of ether oxygens (including phenoxy) is 1. The third-order valence-electron chi connectivity index (χ3n) is 1.94. The van der Waals surface area contributed by atoms with Crippen LogP contribution in [0.5, 0.6) is 5.88 Å². The second-order valence-electron chi connectivity index (χ2n) is 3.37. The molecule has 0 aliphatic rings. The molecule has 7 heteroatoms. The summed E-state index contributed by atoms with van der Waals surface area (Å²) in [7, 11) is 1.53. The highest BCUT2D eigenvalue weighted by Crippen LogP contribution is 2.15. The van der Waals surface area contributed by atoms with Gasteiger partial charge in [-0.25, -0.2) is 0 Å². The molecule has 0 radical (unpaired) electrons. The fourth-order valence-corrected chi connectivity index (χ4v) is 1.03. The van der Waals surface area contributed by atoms with Gasteiger partial charge in [-0.2, -0.15) is 4.98 Å². The Labute approximate surface area is 117 Å². The molecule has 0 atom stereocenters. The zero-order valence-electron chi connectivity index (χ0n) is 11.2. The molecular formula is C13H19N5O2. The van der Waals surface area contributed by atoms with E-state index >= 15 is 0 Å². The van der Waals surface area contributed by atoms with Gasteiger partial charge in [0.05, 0.1) is 12.8 Å². The summed E-state index contributed by atoms with van der Waals surface area (Å²) < 4.78 is 4.80. The van der Waals surface area contributed by atoms with Crippen molar-refractivity contribution >= 4 is 23.6 Å². The number of anilines is 3. The average Bonchev–Trinajstić information content (AvgIpc) is 2.44. The van der Waals surface area contributed by atoms with E-state index in [2.05, 4.69) is 10.7 Å². The first-order valence-corrected chi connectivity index (χ1v) is 5.57. The predicted octanol–water partition coefficient (Wildman–Crippen LogP) is 0.625. The number of hydrogen-bond acceptors (Lipinski definition) is 6. The molecule has 0 unspecified atom stereocenters. The Kier molecular flexibility index (Phi) is 8.53. The molecule has 0 spiro atoms. The zero-order valence-corrected chi connectivity index (χ0v) is 11.2. The summed E-state index contributed by atoms with van der Waals surface area (Å²) in [5.41, 5.74) is 21.6. The molecule has 108 valence electrons. The number of nitrogens with two attached hydrogens (primary N) is 4. The summed E-state index contributed by atoms with van der Waals surface area (Å²) in [5.74, 6) is 0.783. The second-order valence-corrected chi connectivity index (χ2v) is 3.37. The van der Waals surface area contributed by atoms with E-state index in [0.29, 0.717) is 17.4 Å². The summed E-state index contributed by atoms with van der Waals surface area (Å²) in [4.78, 5) is 12.4. The van der Waals surface area contributed by atoms with Gasteiger partial charge in [-0.1, -0.05) is 18.2 Å². The molecule has 2 rings (SSSR count). The summed E-state index contributed by atoms with van der Waals surface area (Å²) in [6.07, 6.45) is 0.250. The van der Waals surface area contributed by atoms with Gasteiger partial charge in [0.1, 0.15) is 0 Å². The molecular weight excluding hydrogens is 258 g/mol. The largest absolute Gasteiger partial charge is 0.481 e. The number of aromatic nitrogens is 1. The van der Waals surface area contributed by atoms with Gasteiger partial charge >= 0.3 is 0 Å². The number of methoxy groups -OCH3 is 1. The van der Waals surface area contributed by atoms with Gasteiger partial charge in [0.25, 0.3) is 0 Å². The molecule has 8 N–H and O–H groups in total. The van der Waals surface area contributed by atoms with Crippen LogP contribution in [0.1, 0.15) is 0 Å². The van der Waals surface area contributed by atoms with Crippen molar-refractivity contribution < 1.29 is 9.53 Å². The number of carbonyl (C=O) groups excluding carboxylic acids is 1. The molecule has 1 heterocycles. The third-order valence-corrected chi connectivity index (χ3v) is 1.94. The van der Waals surface area contributed by atoms with E-state index in [4.69, 9.17) is 26.7 Å². The van der Waals surface area contributed by atoms with Crippen LogP contribution in [0.3, 0.4) is 0 Å². The second kappa shape index (κ2) is 10.0. The van der Waals surface area contributed by atoms with Gasteiger partial charge in [-0.15, -0.1) is 0 Å². The molecule has 0 aliphatic carbocycles. The molecule has 0 saturated carbocycles. The molecule has 0 saturated heterocycles. The number of carbonyl (C=O) groups is 1. The van der Waals surface area contributed by atoms with E-state index in [-0.39, 0.29) is 6.41 Å². The maximum Gasteiger partial charge on any atom is 0.215 e. The Balaban J connectivity index is 0.000000315. The Morgan fingerprint density at radius 1 is 1.05 bits per heavy atom. The number of hydrogen-bond donors (Lipinski definition) is 4. The Morgan fingerprint density at radius 3 is 1.95 bits per heavy atom. The third kappa shape index (κ3) is 7.38. The van der Waals surface area contributed by atoms with E-state index < -0.39 is 0 Å². The standard InChI is InChI=1S/C6H9N3O.C6H7N.CH3NO/c1-10-5-3-2-4(7)6(8)9-5;7-6-4-2-1-3-5-6;2-1-3/h2-3H,7H2,1H3,(H2,8,9);1-5H,7H2;1H,(H2,2,3). The van der Waals surface area contributed by atoms with Crippen molar-refractivity contribution in [3.63, 3.8) is 0 Å². The molecule has 1 amide bonds. The van der Waals surface area contributed by atoms with Crippen LogP contribution in [-0.2, 0) is 4.79 Å². The number of primary amides is 1. The van der Waals surface area contributed by atoms with Crippen LogP contribution in [0.4, 0.5) is 17.2 Å². The number of nitrogens with zero attached hydrogens (tertiary/aromatic N) is 1. The van der Waals surface area contributed by atoms with Crippen LogP contribution in [0.15, 0.2) is 42.5 Å². The van der Waals surface area contributed by atoms with Gasteiger partial charge < -0.3 is 27.7 Å². The Bertz CT molecular complexity index is 505. The zero-order chi connectivity index (χ0) is 15.4. The van der Waals surface area contributed by atoms with Crippen LogP contribution in [0.2, 0.25) is 0 Å². The molecule has 0 aliphatic heterocycles. The molecule has 0 bridgehead atoms. The van der Waals surface area contributed by atoms with Crippen molar-refractivity contribution in [1.82, 2.24) is 4.98 Å². The van der Waals surface area contributed by atoms with Crippen molar-refractivity contribution in [2.24, 2.45) is 5.73 Å². The summed E-state index contributed by atoms with van der Waals surface area (Å²) in [6, 6.07) is 12.8. The maximum atomic E-state index is 8.58. The minimum Gasteiger partial charge on any atom is -0.481 e. The number of nitrogen functional groups attached to an aromatic ring is 3. The molecule has 1 aromatic heterocycles. The minimum atomic E-state index is 0.250. The highest BCUT2D eigenvalue weighted by Gasteiger charge is 1.96. The maximum absolute atomic E-state index is 8.58. The van der Waals surface area contributed by atoms with E-state index in [1.807, 2.05) is 30.3 Å². The van der Waals surface area contributed by atoms with Crippen molar-refractivity contribution in [3.8, 4) is 5.88 Å². The van der Waals surface area contributed by atoms with Gasteiger partial charge in [0.15, 0.2) is 5.82 Å². The van der Waals surface area contributed by atoms with E-state index in [1.165, 1.54) is 7.11 Å². The van der Waals surface area contributed by atoms with Gasteiger partial charge in [-0.3, -0.25) is 4.79 Å². The van der Waals surface area contributed by atoms with Crippen LogP contribution < -0.4 is 27.7 Å². The molecule has 0 fully saturated rings. The number of pyridine rings is 1. The van der Waals surface area contributed by atoms with Gasteiger partial charge in [-0.05, 0) is 18.2 Å². The highest BCUT2D eigenvalue weighted by molar-refractivity contribution is 5.58. The van der Waals surface area contributed by atoms with E-state index in [9.17, 15) is 0 Å². The lowest BCUT2D eigenvalue weighted by molar-refractivity contribution is -0.106. The van der Waals surface area contributed by atoms with Gasteiger partial charge in [0, 0.05) is 11.8 Å². The predicted molar refractivity (Wildman–Crippen MR) is 80.7 cm³/mol. The summed E-state index contributed by atoms with van der Waals surface area (Å²) in [5, 5.41) is 0.